The highest BCUT2D eigenvalue weighted by molar-refractivity contribution is 5.97. The first-order valence-electron chi connectivity index (χ1n) is 11.9. The molecule has 2 rings (SSSR count). The molecule has 1 aromatic rings. The van der Waals surface area contributed by atoms with E-state index in [1.165, 1.54) is 7.11 Å². The Morgan fingerprint density at radius 2 is 1.67 bits per heavy atom. The number of fused-ring (bicyclic) bond motifs is 1. The predicted octanol–water partition coefficient (Wildman–Crippen LogP) is 3.80. The Morgan fingerprint density at radius 3 is 2.22 bits per heavy atom. The first-order valence-corrected chi connectivity index (χ1v) is 11.9. The summed E-state index contributed by atoms with van der Waals surface area (Å²) in [5.41, 5.74) is 0.838. The Labute approximate surface area is 212 Å². The lowest BCUT2D eigenvalue weighted by molar-refractivity contribution is -0.332. The van der Waals surface area contributed by atoms with Gasteiger partial charge in [-0.1, -0.05) is 17.9 Å². The SMILES string of the molecule is COC(=O)CC1Cc2ccc(C#CCCCN(OC(=O)C(C)(C)C)OC(=O)C(C)(C)C)cc2NC1=O. The molecule has 0 radical (unpaired) electrons. The van der Waals surface area contributed by atoms with Gasteiger partial charge in [-0.2, -0.15) is 0 Å². The normalized spacial score (nSPS) is 15.2. The van der Waals surface area contributed by atoms with Crippen molar-refractivity contribution in [2.45, 2.75) is 67.2 Å². The molecule has 0 fully saturated rings. The molecule has 1 atom stereocenters. The van der Waals surface area contributed by atoms with E-state index in [0.29, 0.717) is 24.9 Å². The van der Waals surface area contributed by atoms with Crippen molar-refractivity contribution in [2.75, 3.05) is 19.0 Å². The number of esters is 1. The van der Waals surface area contributed by atoms with Crippen molar-refractivity contribution in [2.24, 2.45) is 16.7 Å². The average molecular weight is 501 g/mol. The second-order valence-corrected chi connectivity index (χ2v) is 10.8. The lowest BCUT2D eigenvalue weighted by atomic mass is 9.90. The van der Waals surface area contributed by atoms with Crippen LogP contribution < -0.4 is 5.32 Å². The molecule has 1 heterocycles. The van der Waals surface area contributed by atoms with Gasteiger partial charge in [-0.25, -0.2) is 9.59 Å². The zero-order chi connectivity index (χ0) is 27.1. The molecule has 1 aromatic carbocycles. The number of hydrogen-bond acceptors (Lipinski definition) is 8. The van der Waals surface area contributed by atoms with E-state index < -0.39 is 34.7 Å². The molecule has 0 spiro atoms. The van der Waals surface area contributed by atoms with E-state index in [9.17, 15) is 19.2 Å². The fourth-order valence-corrected chi connectivity index (χ4v) is 3.02. The van der Waals surface area contributed by atoms with Gasteiger partial charge in [0.1, 0.15) is 0 Å². The second kappa shape index (κ2) is 12.0. The minimum Gasteiger partial charge on any atom is -0.469 e. The van der Waals surface area contributed by atoms with Crippen molar-refractivity contribution in [1.29, 1.82) is 0 Å². The maximum atomic E-state index is 12.3. The van der Waals surface area contributed by atoms with E-state index in [1.54, 1.807) is 47.6 Å². The number of carbonyl (C=O) groups excluding carboxylic acids is 4. The van der Waals surface area contributed by atoms with Crippen molar-refractivity contribution in [3.05, 3.63) is 29.3 Å². The van der Waals surface area contributed by atoms with Gasteiger partial charge in [-0.15, -0.1) is 0 Å². The number of ether oxygens (including phenoxy) is 1. The topological polar surface area (TPSA) is 111 Å². The fourth-order valence-electron chi connectivity index (χ4n) is 3.02. The largest absolute Gasteiger partial charge is 0.469 e. The van der Waals surface area contributed by atoms with Gasteiger partial charge in [0.2, 0.25) is 5.91 Å². The summed E-state index contributed by atoms with van der Waals surface area (Å²) < 4.78 is 4.67. The number of rotatable bonds is 7. The molecule has 0 bridgehead atoms. The van der Waals surface area contributed by atoms with Crippen molar-refractivity contribution < 1.29 is 33.6 Å². The van der Waals surface area contributed by atoms with Crippen molar-refractivity contribution in [1.82, 2.24) is 5.23 Å². The molecule has 36 heavy (non-hydrogen) atoms. The van der Waals surface area contributed by atoms with Crippen molar-refractivity contribution >= 4 is 29.5 Å². The lowest BCUT2D eigenvalue weighted by Crippen LogP contribution is -2.38. The van der Waals surface area contributed by atoms with Gasteiger partial charge in [0, 0.05) is 22.9 Å². The monoisotopic (exact) mass is 500 g/mol. The highest BCUT2D eigenvalue weighted by Crippen LogP contribution is 2.28. The summed E-state index contributed by atoms with van der Waals surface area (Å²) in [5.74, 6) is 4.00. The van der Waals surface area contributed by atoms with Crippen LogP contribution in [-0.2, 0) is 40.0 Å². The molecule has 1 aliphatic rings. The highest BCUT2D eigenvalue weighted by atomic mass is 17.0. The quantitative estimate of drug-likeness (QED) is 0.260. The number of hydrogen-bond donors (Lipinski definition) is 1. The molecule has 1 aliphatic heterocycles. The first kappa shape index (κ1) is 28.9. The molecule has 196 valence electrons. The van der Waals surface area contributed by atoms with Crippen LogP contribution in [0.1, 0.15) is 71.9 Å². The maximum absolute atomic E-state index is 12.3. The Hall–Kier alpha value is -3.38. The summed E-state index contributed by atoms with van der Waals surface area (Å²) in [5, 5.41) is 3.77. The summed E-state index contributed by atoms with van der Waals surface area (Å²) >= 11 is 0. The Morgan fingerprint density at radius 1 is 1.06 bits per heavy atom. The number of unbranched alkanes of at least 4 members (excludes halogenated alkanes) is 1. The van der Waals surface area contributed by atoms with Gasteiger partial charge in [0.15, 0.2) is 0 Å². The molecule has 0 saturated carbocycles. The van der Waals surface area contributed by atoms with E-state index in [4.69, 9.17) is 9.68 Å². The van der Waals surface area contributed by atoms with Crippen LogP contribution in [0.25, 0.3) is 0 Å². The van der Waals surface area contributed by atoms with Gasteiger partial charge in [0.25, 0.3) is 0 Å². The van der Waals surface area contributed by atoms with Crippen LogP contribution in [0.5, 0.6) is 0 Å². The zero-order valence-corrected chi connectivity index (χ0v) is 22.1. The van der Waals surface area contributed by atoms with Gasteiger partial charge in [0.05, 0.1) is 36.8 Å². The summed E-state index contributed by atoms with van der Waals surface area (Å²) in [4.78, 5) is 59.0. The van der Waals surface area contributed by atoms with Gasteiger partial charge in [-0.05, 0) is 72.1 Å². The van der Waals surface area contributed by atoms with Gasteiger partial charge >= 0.3 is 17.9 Å². The lowest BCUT2D eigenvalue weighted by Gasteiger charge is -2.26. The first-order chi connectivity index (χ1) is 16.7. The van der Waals surface area contributed by atoms with Gasteiger partial charge in [-0.3, -0.25) is 9.59 Å². The Kier molecular flexibility index (Phi) is 9.65. The number of nitrogens with one attached hydrogen (secondary N) is 1. The fraction of sp³-hybridized carbons (Fsp3) is 0.556. The van der Waals surface area contributed by atoms with Crippen molar-refractivity contribution in [3.63, 3.8) is 0 Å². The van der Waals surface area contributed by atoms with Crippen LogP contribution in [0.2, 0.25) is 0 Å². The molecular weight excluding hydrogens is 464 g/mol. The van der Waals surface area contributed by atoms with Crippen LogP contribution in [0, 0.1) is 28.6 Å². The Bertz CT molecular complexity index is 1030. The average Bonchev–Trinajstić information content (AvgIpc) is 2.77. The smallest absolute Gasteiger partial charge is 0.334 e. The summed E-state index contributed by atoms with van der Waals surface area (Å²) in [6, 6.07) is 5.56. The van der Waals surface area contributed by atoms with Crippen LogP contribution >= 0.6 is 0 Å². The van der Waals surface area contributed by atoms with E-state index in [1.807, 2.05) is 12.1 Å². The molecule has 9 nitrogen and oxygen atoms in total. The number of nitrogens with zero attached hydrogens (tertiary/aromatic N) is 1. The number of benzene rings is 1. The summed E-state index contributed by atoms with van der Waals surface area (Å²) in [6.45, 7) is 10.4. The molecule has 1 unspecified atom stereocenters. The van der Waals surface area contributed by atoms with Crippen molar-refractivity contribution in [3.8, 4) is 11.8 Å². The Balaban J connectivity index is 1.97. The van der Waals surface area contributed by atoms with Crippen LogP contribution in [-0.4, -0.2) is 42.7 Å². The summed E-state index contributed by atoms with van der Waals surface area (Å²) in [6.07, 6.45) is 1.44. The van der Waals surface area contributed by atoms with Crippen LogP contribution in [0.4, 0.5) is 5.69 Å². The van der Waals surface area contributed by atoms with Crippen LogP contribution in [0.15, 0.2) is 18.2 Å². The van der Waals surface area contributed by atoms with Crippen LogP contribution in [0.3, 0.4) is 0 Å². The number of carbonyl (C=O) groups is 4. The maximum Gasteiger partial charge on any atom is 0.334 e. The zero-order valence-electron chi connectivity index (χ0n) is 22.1. The molecule has 0 aromatic heterocycles. The molecule has 0 aliphatic carbocycles. The minimum absolute atomic E-state index is 0.0382. The standard InChI is InChI=1S/C27H36N2O7/c1-26(2,3)24(32)35-29(36-25(33)27(4,5)6)14-10-8-9-11-18-12-13-19-16-20(17-22(30)34-7)23(31)28-21(19)15-18/h12-13,15,20H,8,10,14,16-17H2,1-7H3,(H,28,31). The molecular formula is C27H36N2O7. The number of hydroxylamine groups is 2. The van der Waals surface area contributed by atoms with Gasteiger partial charge < -0.3 is 19.7 Å². The number of anilines is 1. The molecule has 9 heteroatoms. The predicted molar refractivity (Wildman–Crippen MR) is 133 cm³/mol. The number of amides is 1. The summed E-state index contributed by atoms with van der Waals surface area (Å²) in [7, 11) is 1.30. The third kappa shape index (κ3) is 8.68. The molecule has 1 amide bonds. The van der Waals surface area contributed by atoms with E-state index in [-0.39, 0.29) is 18.9 Å². The number of methoxy groups -OCH3 is 1. The molecule has 1 N–H and O–H groups in total. The third-order valence-electron chi connectivity index (χ3n) is 5.31. The van der Waals surface area contributed by atoms with E-state index in [0.717, 1.165) is 16.4 Å². The third-order valence-corrected chi connectivity index (χ3v) is 5.31. The van der Waals surface area contributed by atoms with E-state index in [2.05, 4.69) is 21.9 Å². The molecule has 0 saturated heterocycles. The minimum atomic E-state index is -0.757. The second-order valence-electron chi connectivity index (χ2n) is 10.8. The van der Waals surface area contributed by atoms with E-state index >= 15 is 0 Å². The highest BCUT2D eigenvalue weighted by Gasteiger charge is 2.31.